The molecule has 0 aliphatic heterocycles. The van der Waals surface area contributed by atoms with E-state index in [1.165, 1.54) is 18.4 Å². The molecule has 2 aromatic rings. The molecule has 0 unspecified atom stereocenters. The predicted molar refractivity (Wildman–Crippen MR) is 102 cm³/mol. The van der Waals surface area contributed by atoms with Crippen LogP contribution in [-0.4, -0.2) is 18.0 Å². The fourth-order valence-electron chi connectivity index (χ4n) is 2.68. The van der Waals surface area contributed by atoms with Gasteiger partial charge >= 0.3 is 0 Å². The second-order valence-corrected chi connectivity index (χ2v) is 6.82. The first-order valence-electron chi connectivity index (χ1n) is 8.57. The van der Waals surface area contributed by atoms with Gasteiger partial charge in [-0.3, -0.25) is 0 Å². The van der Waals surface area contributed by atoms with Crippen molar-refractivity contribution >= 4 is 26.7 Å². The second kappa shape index (κ2) is 9.17. The Balaban J connectivity index is 2.30. The van der Waals surface area contributed by atoms with Crippen molar-refractivity contribution in [3.05, 3.63) is 35.9 Å². The molecule has 0 aliphatic carbocycles. The molecular formula is C20H27BrO2. The zero-order valence-electron chi connectivity index (χ0n) is 14.4. The van der Waals surface area contributed by atoms with E-state index in [9.17, 15) is 0 Å². The molecule has 2 rings (SSSR count). The van der Waals surface area contributed by atoms with Crippen LogP contribution >= 0.6 is 15.9 Å². The zero-order valence-corrected chi connectivity index (χ0v) is 16.0. The maximum Gasteiger partial charge on any atom is 0.130 e. The highest BCUT2D eigenvalue weighted by molar-refractivity contribution is 9.09. The third-order valence-corrected chi connectivity index (χ3v) is 4.36. The van der Waals surface area contributed by atoms with Crippen molar-refractivity contribution < 1.29 is 9.47 Å². The molecule has 0 aromatic heterocycles. The highest BCUT2D eigenvalue weighted by Crippen LogP contribution is 2.37. The first-order chi connectivity index (χ1) is 11.2. The number of aryl methyl sites for hydroxylation is 1. The van der Waals surface area contributed by atoms with Crippen LogP contribution in [0.25, 0.3) is 10.8 Å². The third kappa shape index (κ3) is 4.87. The Labute approximate surface area is 148 Å². The summed E-state index contributed by atoms with van der Waals surface area (Å²) in [5.74, 6) is 1.98. The van der Waals surface area contributed by atoms with Crippen LogP contribution in [0, 0.1) is 0 Å². The maximum atomic E-state index is 6.10. The number of alkyl halides is 1. The molecular weight excluding hydrogens is 352 g/mol. The number of fused-ring (bicyclic) bond motifs is 1. The lowest BCUT2D eigenvalue weighted by molar-refractivity contribution is 0.242. The topological polar surface area (TPSA) is 18.5 Å². The van der Waals surface area contributed by atoms with Crippen LogP contribution in [0.2, 0.25) is 0 Å². The van der Waals surface area contributed by atoms with E-state index < -0.39 is 0 Å². The van der Waals surface area contributed by atoms with E-state index in [1.54, 1.807) is 0 Å². The summed E-state index contributed by atoms with van der Waals surface area (Å²) in [4.78, 5) is 0. The molecule has 2 nitrogen and oxygen atoms in total. The van der Waals surface area contributed by atoms with E-state index in [2.05, 4.69) is 67.0 Å². The monoisotopic (exact) mass is 378 g/mol. The van der Waals surface area contributed by atoms with Crippen molar-refractivity contribution in [2.75, 3.05) is 11.9 Å². The number of benzene rings is 2. The minimum atomic E-state index is 0.166. The number of halogens is 1. The van der Waals surface area contributed by atoms with Crippen LogP contribution in [0.15, 0.2) is 30.3 Å². The number of rotatable bonds is 9. The quantitative estimate of drug-likeness (QED) is 0.385. The highest BCUT2D eigenvalue weighted by Gasteiger charge is 2.14. The Hall–Kier alpha value is -1.22. The fourth-order valence-corrected chi connectivity index (χ4v) is 3.08. The summed E-state index contributed by atoms with van der Waals surface area (Å²) in [5.41, 5.74) is 1.22. The minimum Gasteiger partial charge on any atom is -0.493 e. The van der Waals surface area contributed by atoms with Crippen LogP contribution < -0.4 is 9.47 Å². The van der Waals surface area contributed by atoms with Crippen LogP contribution in [0.5, 0.6) is 11.5 Å². The summed E-state index contributed by atoms with van der Waals surface area (Å²) < 4.78 is 12.2. The van der Waals surface area contributed by atoms with Gasteiger partial charge < -0.3 is 9.47 Å². The lowest BCUT2D eigenvalue weighted by Gasteiger charge is -2.19. The van der Waals surface area contributed by atoms with Crippen LogP contribution in [0.1, 0.15) is 45.6 Å². The van der Waals surface area contributed by atoms with Crippen LogP contribution in [0.4, 0.5) is 0 Å². The van der Waals surface area contributed by atoms with Crippen molar-refractivity contribution in [1.29, 1.82) is 0 Å². The summed E-state index contributed by atoms with van der Waals surface area (Å²) in [6.45, 7) is 7.08. The first-order valence-corrected chi connectivity index (χ1v) is 9.69. The fraction of sp³-hybridized carbons (Fsp3) is 0.500. The van der Waals surface area contributed by atoms with Crippen molar-refractivity contribution in [1.82, 2.24) is 0 Å². The number of unbranched alkanes of at least 4 members (excludes halogenated alkanes) is 2. The Morgan fingerprint density at radius 1 is 1.04 bits per heavy atom. The van der Waals surface area contributed by atoms with E-state index >= 15 is 0 Å². The van der Waals surface area contributed by atoms with Gasteiger partial charge in [-0.05, 0) is 51.2 Å². The lowest BCUT2D eigenvalue weighted by atomic mass is 10.0. The van der Waals surface area contributed by atoms with Gasteiger partial charge in [0.15, 0.2) is 0 Å². The molecule has 126 valence electrons. The molecule has 0 N–H and O–H groups in total. The normalized spacial score (nSPS) is 11.2. The minimum absolute atomic E-state index is 0.166. The van der Waals surface area contributed by atoms with Gasteiger partial charge in [0, 0.05) is 16.1 Å². The molecule has 0 heterocycles. The lowest BCUT2D eigenvalue weighted by Crippen LogP contribution is -2.08. The molecule has 0 aliphatic rings. The Kier molecular flexibility index (Phi) is 7.22. The molecule has 23 heavy (non-hydrogen) atoms. The molecule has 0 saturated heterocycles. The largest absolute Gasteiger partial charge is 0.493 e. The molecule has 0 amide bonds. The summed E-state index contributed by atoms with van der Waals surface area (Å²) >= 11 is 3.47. The van der Waals surface area contributed by atoms with E-state index in [1.807, 2.05) is 0 Å². The smallest absolute Gasteiger partial charge is 0.130 e. The zero-order chi connectivity index (χ0) is 16.7. The Morgan fingerprint density at radius 3 is 2.43 bits per heavy atom. The number of ether oxygens (including phenoxy) is 2. The number of hydrogen-bond donors (Lipinski definition) is 0. The van der Waals surface area contributed by atoms with E-state index in [4.69, 9.17) is 9.47 Å². The van der Waals surface area contributed by atoms with Gasteiger partial charge in [0.05, 0.1) is 12.7 Å². The highest BCUT2D eigenvalue weighted by atomic mass is 79.9. The molecule has 0 atom stereocenters. The van der Waals surface area contributed by atoms with E-state index in [-0.39, 0.29) is 6.10 Å². The molecule has 0 bridgehead atoms. The van der Waals surface area contributed by atoms with Gasteiger partial charge in [-0.2, -0.15) is 0 Å². The molecule has 2 aromatic carbocycles. The van der Waals surface area contributed by atoms with Crippen molar-refractivity contribution in [2.24, 2.45) is 0 Å². The maximum absolute atomic E-state index is 6.10. The van der Waals surface area contributed by atoms with Gasteiger partial charge in [-0.15, -0.1) is 0 Å². The average molecular weight is 379 g/mol. The average Bonchev–Trinajstić information content (AvgIpc) is 2.55. The SMILES string of the molecule is CCc1cc(OCCCCCBr)c2ccccc2c1OC(C)C. The van der Waals surface area contributed by atoms with E-state index in [0.29, 0.717) is 0 Å². The summed E-state index contributed by atoms with van der Waals surface area (Å²) in [6.07, 6.45) is 4.59. The van der Waals surface area contributed by atoms with Crippen molar-refractivity contribution in [3.8, 4) is 11.5 Å². The van der Waals surface area contributed by atoms with Crippen molar-refractivity contribution in [2.45, 2.75) is 52.6 Å². The van der Waals surface area contributed by atoms with Gasteiger partial charge in [0.1, 0.15) is 11.5 Å². The Bertz CT molecular complexity index is 622. The first kappa shape index (κ1) is 18.1. The van der Waals surface area contributed by atoms with Gasteiger partial charge in [-0.1, -0.05) is 47.1 Å². The van der Waals surface area contributed by atoms with Crippen LogP contribution in [0.3, 0.4) is 0 Å². The molecule has 0 saturated carbocycles. The molecule has 0 radical (unpaired) electrons. The van der Waals surface area contributed by atoms with Crippen LogP contribution in [-0.2, 0) is 6.42 Å². The second-order valence-electron chi connectivity index (χ2n) is 6.03. The van der Waals surface area contributed by atoms with E-state index in [0.717, 1.165) is 47.1 Å². The summed E-state index contributed by atoms with van der Waals surface area (Å²) in [6, 6.07) is 10.5. The van der Waals surface area contributed by atoms with Crippen molar-refractivity contribution in [3.63, 3.8) is 0 Å². The predicted octanol–water partition coefficient (Wildman–Crippen LogP) is 6.13. The third-order valence-electron chi connectivity index (χ3n) is 3.80. The molecule has 3 heteroatoms. The van der Waals surface area contributed by atoms with Gasteiger partial charge in [-0.25, -0.2) is 0 Å². The molecule has 0 fully saturated rings. The summed E-state index contributed by atoms with van der Waals surface area (Å²) in [5, 5.41) is 3.36. The Morgan fingerprint density at radius 2 is 1.78 bits per heavy atom. The molecule has 0 spiro atoms. The van der Waals surface area contributed by atoms with Gasteiger partial charge in [0.25, 0.3) is 0 Å². The standard InChI is InChI=1S/C20H27BrO2/c1-4-16-14-19(22-13-9-5-8-12-21)17-10-6-7-11-18(17)20(16)23-15(2)3/h6-7,10-11,14-15H,4-5,8-9,12-13H2,1-3H3. The summed E-state index contributed by atoms with van der Waals surface area (Å²) in [7, 11) is 0. The van der Waals surface area contributed by atoms with Gasteiger partial charge in [0.2, 0.25) is 0 Å². The number of hydrogen-bond acceptors (Lipinski definition) is 2.